The lowest BCUT2D eigenvalue weighted by molar-refractivity contribution is -0.121. The van der Waals surface area contributed by atoms with Crippen LogP contribution in [0.2, 0.25) is 0 Å². The number of hydrogen-bond acceptors (Lipinski definition) is 4. The molecule has 4 nitrogen and oxygen atoms in total. The minimum absolute atomic E-state index is 0.223. The highest BCUT2D eigenvalue weighted by Gasteiger charge is 2.09. The van der Waals surface area contributed by atoms with Gasteiger partial charge < -0.3 is 0 Å². The number of hydrogen-bond donors (Lipinski definition) is 2. The van der Waals surface area contributed by atoms with Gasteiger partial charge in [0.25, 0.3) is 5.91 Å². The van der Waals surface area contributed by atoms with Crippen molar-refractivity contribution in [2.24, 2.45) is 0 Å². The van der Waals surface area contributed by atoms with Crippen LogP contribution in [0.5, 0.6) is 0 Å². The van der Waals surface area contributed by atoms with Gasteiger partial charge in [0.1, 0.15) is 0 Å². The van der Waals surface area contributed by atoms with E-state index in [1.807, 2.05) is 30.5 Å². The summed E-state index contributed by atoms with van der Waals surface area (Å²) in [4.78, 5) is 25.8. The smallest absolute Gasteiger partial charge is 0.273 e. The van der Waals surface area contributed by atoms with Crippen molar-refractivity contribution in [3.8, 4) is 0 Å². The summed E-state index contributed by atoms with van der Waals surface area (Å²) in [6.45, 7) is 1.93. The molecule has 0 bridgehead atoms. The van der Waals surface area contributed by atoms with Crippen molar-refractivity contribution >= 4 is 34.5 Å². The summed E-state index contributed by atoms with van der Waals surface area (Å²) in [7, 11) is 0. The lowest BCUT2D eigenvalue weighted by Crippen LogP contribution is -2.42. The molecule has 2 rings (SSSR count). The van der Waals surface area contributed by atoms with Crippen LogP contribution in [-0.2, 0) is 11.2 Å². The molecular formula is C12H12N2O2S2. The molecule has 18 heavy (non-hydrogen) atoms. The molecule has 2 amide bonds. The number of carbonyl (C=O) groups is 2. The fraction of sp³-hybridized carbons (Fsp3) is 0.167. The third-order valence-electron chi connectivity index (χ3n) is 2.19. The van der Waals surface area contributed by atoms with E-state index in [-0.39, 0.29) is 18.2 Å². The topological polar surface area (TPSA) is 58.2 Å². The summed E-state index contributed by atoms with van der Waals surface area (Å²) in [6, 6.07) is 7.38. The first kappa shape index (κ1) is 12.8. The van der Waals surface area contributed by atoms with E-state index in [4.69, 9.17) is 0 Å². The molecule has 2 aromatic rings. The van der Waals surface area contributed by atoms with Gasteiger partial charge in [-0.25, -0.2) is 0 Å². The average molecular weight is 280 g/mol. The van der Waals surface area contributed by atoms with Crippen molar-refractivity contribution in [1.29, 1.82) is 0 Å². The van der Waals surface area contributed by atoms with Crippen LogP contribution in [0.25, 0.3) is 0 Å². The lowest BCUT2D eigenvalue weighted by Gasteiger charge is -2.05. The molecule has 0 radical (unpaired) electrons. The Balaban J connectivity index is 1.81. The molecule has 2 heterocycles. The Labute approximate surface area is 113 Å². The summed E-state index contributed by atoms with van der Waals surface area (Å²) in [5, 5.41) is 1.91. The summed E-state index contributed by atoms with van der Waals surface area (Å²) in [5.41, 5.74) is 4.80. The van der Waals surface area contributed by atoms with Gasteiger partial charge in [0.15, 0.2) is 0 Å². The Morgan fingerprint density at radius 3 is 2.67 bits per heavy atom. The van der Waals surface area contributed by atoms with Crippen LogP contribution in [-0.4, -0.2) is 11.8 Å². The average Bonchev–Trinajstić information content (AvgIpc) is 2.97. The molecule has 0 unspecified atom stereocenters. The second-order valence-electron chi connectivity index (χ2n) is 3.67. The van der Waals surface area contributed by atoms with E-state index < -0.39 is 0 Å². The number of rotatable bonds is 3. The van der Waals surface area contributed by atoms with E-state index in [1.54, 1.807) is 6.07 Å². The molecule has 0 spiro atoms. The van der Waals surface area contributed by atoms with E-state index in [9.17, 15) is 9.59 Å². The highest BCUT2D eigenvalue weighted by molar-refractivity contribution is 7.13. The predicted octanol–water partition coefficient (Wildman–Crippen LogP) is 2.12. The molecule has 0 aliphatic carbocycles. The Kier molecular flexibility index (Phi) is 4.11. The zero-order chi connectivity index (χ0) is 13.0. The molecule has 0 atom stereocenters. The van der Waals surface area contributed by atoms with Crippen LogP contribution in [0.15, 0.2) is 29.6 Å². The third kappa shape index (κ3) is 3.41. The number of carbonyl (C=O) groups excluding carboxylic acids is 2. The van der Waals surface area contributed by atoms with Gasteiger partial charge >= 0.3 is 0 Å². The van der Waals surface area contributed by atoms with Crippen molar-refractivity contribution in [3.05, 3.63) is 44.3 Å². The number of hydrazine groups is 1. The van der Waals surface area contributed by atoms with Crippen LogP contribution in [0.4, 0.5) is 0 Å². The predicted molar refractivity (Wildman–Crippen MR) is 72.7 cm³/mol. The third-order valence-corrected chi connectivity index (χ3v) is 4.07. The fourth-order valence-corrected chi connectivity index (χ4v) is 2.83. The minimum Gasteiger partial charge on any atom is -0.273 e. The fourth-order valence-electron chi connectivity index (χ4n) is 1.36. The first-order valence-corrected chi connectivity index (χ1v) is 7.03. The van der Waals surface area contributed by atoms with Gasteiger partial charge in [-0.1, -0.05) is 6.07 Å². The summed E-state index contributed by atoms with van der Waals surface area (Å²) in [6.07, 6.45) is 0.279. The number of thiophene rings is 2. The van der Waals surface area contributed by atoms with Crippen molar-refractivity contribution in [1.82, 2.24) is 10.9 Å². The number of aryl methyl sites for hydroxylation is 1. The summed E-state index contributed by atoms with van der Waals surface area (Å²) < 4.78 is 0. The van der Waals surface area contributed by atoms with Gasteiger partial charge in [0, 0.05) is 9.75 Å². The van der Waals surface area contributed by atoms with E-state index >= 15 is 0 Å². The van der Waals surface area contributed by atoms with E-state index in [0.29, 0.717) is 4.88 Å². The number of nitrogens with one attached hydrogen (secondary N) is 2. The highest BCUT2D eigenvalue weighted by Crippen LogP contribution is 2.14. The van der Waals surface area contributed by atoms with Crippen LogP contribution >= 0.6 is 22.7 Å². The molecule has 0 aliphatic heterocycles. The van der Waals surface area contributed by atoms with Gasteiger partial charge in [-0.3, -0.25) is 20.4 Å². The van der Waals surface area contributed by atoms with E-state index in [0.717, 1.165) is 9.75 Å². The van der Waals surface area contributed by atoms with Crippen molar-refractivity contribution in [2.45, 2.75) is 13.3 Å². The molecule has 6 heteroatoms. The number of amides is 2. The largest absolute Gasteiger partial charge is 0.279 e. The molecule has 0 aliphatic rings. The molecule has 0 aromatic carbocycles. The van der Waals surface area contributed by atoms with Crippen LogP contribution in [0, 0.1) is 6.92 Å². The first-order valence-electron chi connectivity index (χ1n) is 5.33. The zero-order valence-electron chi connectivity index (χ0n) is 9.73. The maximum absolute atomic E-state index is 11.7. The van der Waals surface area contributed by atoms with Crippen LogP contribution < -0.4 is 10.9 Å². The van der Waals surface area contributed by atoms with E-state index in [2.05, 4.69) is 10.9 Å². The molecule has 2 N–H and O–H groups in total. The summed E-state index contributed by atoms with van der Waals surface area (Å²) in [5.74, 6) is -0.508. The molecule has 0 fully saturated rings. The molecule has 0 saturated heterocycles. The van der Waals surface area contributed by atoms with Gasteiger partial charge in [0.05, 0.1) is 11.3 Å². The molecule has 94 valence electrons. The maximum atomic E-state index is 11.7. The molecular weight excluding hydrogens is 268 g/mol. The standard InChI is InChI=1S/C12H12N2O2S2/c1-8-4-5-10(18-8)12(16)14-13-11(15)7-9-3-2-6-17-9/h2-6H,7H2,1H3,(H,13,15)(H,14,16). The normalized spacial score (nSPS) is 10.1. The van der Waals surface area contributed by atoms with Crippen molar-refractivity contribution in [2.75, 3.05) is 0 Å². The second kappa shape index (κ2) is 5.79. The van der Waals surface area contributed by atoms with Gasteiger partial charge in [0.2, 0.25) is 5.91 Å². The maximum Gasteiger partial charge on any atom is 0.279 e. The minimum atomic E-state index is -0.285. The van der Waals surface area contributed by atoms with E-state index in [1.165, 1.54) is 22.7 Å². The Hall–Kier alpha value is -1.66. The first-order chi connectivity index (χ1) is 8.65. The Morgan fingerprint density at radius 2 is 2.06 bits per heavy atom. The monoisotopic (exact) mass is 280 g/mol. The highest BCUT2D eigenvalue weighted by atomic mass is 32.1. The van der Waals surface area contributed by atoms with Gasteiger partial charge in [-0.15, -0.1) is 22.7 Å². The van der Waals surface area contributed by atoms with Gasteiger partial charge in [-0.05, 0) is 30.5 Å². The van der Waals surface area contributed by atoms with Crippen molar-refractivity contribution in [3.63, 3.8) is 0 Å². The zero-order valence-corrected chi connectivity index (χ0v) is 11.4. The second-order valence-corrected chi connectivity index (χ2v) is 5.99. The SMILES string of the molecule is Cc1ccc(C(=O)NNC(=O)Cc2cccs2)s1. The lowest BCUT2D eigenvalue weighted by atomic mass is 10.3. The summed E-state index contributed by atoms with van der Waals surface area (Å²) >= 11 is 2.91. The van der Waals surface area contributed by atoms with Crippen LogP contribution in [0.3, 0.4) is 0 Å². The van der Waals surface area contributed by atoms with Gasteiger partial charge in [-0.2, -0.15) is 0 Å². The Morgan fingerprint density at radius 1 is 1.22 bits per heavy atom. The Bertz CT molecular complexity index is 546. The molecule has 0 saturated carbocycles. The van der Waals surface area contributed by atoms with Crippen molar-refractivity contribution < 1.29 is 9.59 Å². The van der Waals surface area contributed by atoms with Crippen LogP contribution in [0.1, 0.15) is 19.4 Å². The molecule has 2 aromatic heterocycles. The quantitative estimate of drug-likeness (QED) is 0.846.